The Labute approximate surface area is 153 Å². The van der Waals surface area contributed by atoms with Crippen molar-refractivity contribution in [3.8, 4) is 0 Å². The second-order valence-electron chi connectivity index (χ2n) is 5.55. The van der Waals surface area contributed by atoms with Crippen molar-refractivity contribution in [1.29, 1.82) is 0 Å². The Balaban J connectivity index is 1.74. The lowest BCUT2D eigenvalue weighted by molar-refractivity contribution is 0.0944. The fourth-order valence-electron chi connectivity index (χ4n) is 2.19. The molecule has 2 aromatic rings. The van der Waals surface area contributed by atoms with Crippen molar-refractivity contribution in [3.05, 3.63) is 59.9 Å². The minimum Gasteiger partial charge on any atom is -0.382 e. The molecule has 0 aliphatic heterocycles. The molecule has 3 N–H and O–H groups in total. The maximum Gasteiger partial charge on any atom is 0.319 e. The predicted octanol–water partition coefficient (Wildman–Crippen LogP) is 2.56. The van der Waals surface area contributed by atoms with Crippen LogP contribution < -0.4 is 16.0 Å². The molecule has 0 aliphatic rings. The van der Waals surface area contributed by atoms with Crippen LogP contribution >= 0.6 is 0 Å². The number of carbonyl (C=O) groups excluding carboxylic acids is 2. The van der Waals surface area contributed by atoms with Gasteiger partial charge in [0.15, 0.2) is 0 Å². The zero-order valence-electron chi connectivity index (χ0n) is 14.8. The van der Waals surface area contributed by atoms with E-state index in [1.54, 1.807) is 36.7 Å². The summed E-state index contributed by atoms with van der Waals surface area (Å²) in [6.45, 7) is 4.23. The molecule has 7 nitrogen and oxygen atoms in total. The maximum absolute atomic E-state index is 12.0. The van der Waals surface area contributed by atoms with E-state index in [1.807, 2.05) is 19.1 Å². The number of rotatable bonds is 9. The first-order valence-electron chi connectivity index (χ1n) is 8.59. The monoisotopic (exact) mass is 356 g/mol. The van der Waals surface area contributed by atoms with Crippen LogP contribution in [0.3, 0.4) is 0 Å². The summed E-state index contributed by atoms with van der Waals surface area (Å²) in [6, 6.07) is 10.1. The molecular formula is C19H24N4O3. The molecule has 1 aromatic carbocycles. The van der Waals surface area contributed by atoms with E-state index >= 15 is 0 Å². The Morgan fingerprint density at radius 2 is 1.77 bits per heavy atom. The minimum absolute atomic E-state index is 0.143. The van der Waals surface area contributed by atoms with Gasteiger partial charge in [0.25, 0.3) is 5.91 Å². The standard InChI is InChI=1S/C19H24N4O3/c1-2-26-13-3-10-21-18(24)16-4-6-17(7-5-16)23-19(25)22-14-15-8-11-20-12-9-15/h4-9,11-12H,2-3,10,13-14H2,1H3,(H,21,24)(H2,22,23,25). The molecule has 1 aromatic heterocycles. The number of anilines is 1. The number of aromatic nitrogens is 1. The van der Waals surface area contributed by atoms with Gasteiger partial charge in [-0.2, -0.15) is 0 Å². The third kappa shape index (κ3) is 6.90. The second kappa shape index (κ2) is 10.8. The third-order valence-electron chi connectivity index (χ3n) is 3.56. The molecule has 0 bridgehead atoms. The van der Waals surface area contributed by atoms with Crippen LogP contribution in [0, 0.1) is 0 Å². The van der Waals surface area contributed by atoms with E-state index in [0.717, 1.165) is 12.0 Å². The highest BCUT2D eigenvalue weighted by Gasteiger charge is 2.06. The van der Waals surface area contributed by atoms with E-state index in [2.05, 4.69) is 20.9 Å². The maximum atomic E-state index is 12.0. The summed E-state index contributed by atoms with van der Waals surface area (Å²) in [7, 11) is 0. The van der Waals surface area contributed by atoms with Crippen LogP contribution in [0.5, 0.6) is 0 Å². The Morgan fingerprint density at radius 1 is 1.04 bits per heavy atom. The van der Waals surface area contributed by atoms with E-state index in [-0.39, 0.29) is 11.9 Å². The van der Waals surface area contributed by atoms with Crippen molar-refractivity contribution in [2.24, 2.45) is 0 Å². The van der Waals surface area contributed by atoms with Gasteiger partial charge in [-0.05, 0) is 55.3 Å². The molecule has 0 spiro atoms. The molecule has 7 heteroatoms. The van der Waals surface area contributed by atoms with Gasteiger partial charge < -0.3 is 20.7 Å². The lowest BCUT2D eigenvalue weighted by Gasteiger charge is -2.09. The highest BCUT2D eigenvalue weighted by atomic mass is 16.5. The largest absolute Gasteiger partial charge is 0.382 e. The van der Waals surface area contributed by atoms with E-state index in [0.29, 0.717) is 37.6 Å². The second-order valence-corrected chi connectivity index (χ2v) is 5.55. The van der Waals surface area contributed by atoms with Crippen LogP contribution in [0.4, 0.5) is 10.5 Å². The smallest absolute Gasteiger partial charge is 0.319 e. The summed E-state index contributed by atoms with van der Waals surface area (Å²) in [4.78, 5) is 27.8. The number of amides is 3. The van der Waals surface area contributed by atoms with Crippen molar-refractivity contribution >= 4 is 17.6 Å². The fourth-order valence-corrected chi connectivity index (χ4v) is 2.19. The Bertz CT molecular complexity index is 690. The topological polar surface area (TPSA) is 92.4 Å². The molecule has 0 saturated heterocycles. The van der Waals surface area contributed by atoms with E-state index < -0.39 is 0 Å². The van der Waals surface area contributed by atoms with Gasteiger partial charge in [0.05, 0.1) is 0 Å². The predicted molar refractivity (Wildman–Crippen MR) is 100.0 cm³/mol. The summed E-state index contributed by atoms with van der Waals surface area (Å²) in [5.41, 5.74) is 2.13. The van der Waals surface area contributed by atoms with Crippen LogP contribution in [0.1, 0.15) is 29.3 Å². The number of ether oxygens (including phenoxy) is 1. The molecule has 0 aliphatic carbocycles. The van der Waals surface area contributed by atoms with Crippen LogP contribution in [-0.4, -0.2) is 36.7 Å². The quantitative estimate of drug-likeness (QED) is 0.602. The van der Waals surface area contributed by atoms with Crippen molar-refractivity contribution in [1.82, 2.24) is 15.6 Å². The van der Waals surface area contributed by atoms with Gasteiger partial charge in [-0.25, -0.2) is 4.79 Å². The molecule has 1 heterocycles. The average Bonchev–Trinajstić information content (AvgIpc) is 2.67. The molecule has 2 rings (SSSR count). The average molecular weight is 356 g/mol. The van der Waals surface area contributed by atoms with Gasteiger partial charge in [0, 0.05) is 49.9 Å². The number of hydrogen-bond acceptors (Lipinski definition) is 4. The van der Waals surface area contributed by atoms with Crippen LogP contribution in [0.2, 0.25) is 0 Å². The third-order valence-corrected chi connectivity index (χ3v) is 3.56. The number of nitrogens with zero attached hydrogens (tertiary/aromatic N) is 1. The zero-order chi connectivity index (χ0) is 18.6. The summed E-state index contributed by atoms with van der Waals surface area (Å²) >= 11 is 0. The Morgan fingerprint density at radius 3 is 2.46 bits per heavy atom. The number of pyridine rings is 1. The minimum atomic E-state index is -0.310. The number of hydrogen-bond donors (Lipinski definition) is 3. The molecule has 3 amide bonds. The summed E-state index contributed by atoms with van der Waals surface area (Å²) in [5, 5.41) is 8.32. The first kappa shape index (κ1) is 19.4. The molecule has 0 saturated carbocycles. The van der Waals surface area contributed by atoms with Crippen LogP contribution in [0.25, 0.3) is 0 Å². The highest BCUT2D eigenvalue weighted by Crippen LogP contribution is 2.09. The van der Waals surface area contributed by atoms with Crippen molar-refractivity contribution in [2.45, 2.75) is 19.9 Å². The fraction of sp³-hybridized carbons (Fsp3) is 0.316. The lowest BCUT2D eigenvalue weighted by Crippen LogP contribution is -2.28. The van der Waals surface area contributed by atoms with Crippen LogP contribution in [0.15, 0.2) is 48.8 Å². The first-order chi connectivity index (χ1) is 12.7. The Hall–Kier alpha value is -2.93. The molecule has 0 atom stereocenters. The van der Waals surface area contributed by atoms with E-state index in [9.17, 15) is 9.59 Å². The highest BCUT2D eigenvalue weighted by molar-refractivity contribution is 5.95. The molecule has 26 heavy (non-hydrogen) atoms. The molecule has 138 valence electrons. The first-order valence-corrected chi connectivity index (χ1v) is 8.59. The number of carbonyl (C=O) groups is 2. The molecule has 0 radical (unpaired) electrons. The summed E-state index contributed by atoms with van der Waals surface area (Å²) in [6.07, 6.45) is 4.13. The number of nitrogens with one attached hydrogen (secondary N) is 3. The molecular weight excluding hydrogens is 332 g/mol. The van der Waals surface area contributed by atoms with E-state index in [1.165, 1.54) is 0 Å². The van der Waals surface area contributed by atoms with Gasteiger partial charge in [-0.1, -0.05) is 0 Å². The van der Waals surface area contributed by atoms with Crippen molar-refractivity contribution < 1.29 is 14.3 Å². The van der Waals surface area contributed by atoms with Gasteiger partial charge in [0.2, 0.25) is 0 Å². The number of benzene rings is 1. The number of urea groups is 1. The lowest BCUT2D eigenvalue weighted by atomic mass is 10.2. The SMILES string of the molecule is CCOCCCNC(=O)c1ccc(NC(=O)NCc2ccncc2)cc1. The van der Waals surface area contributed by atoms with Gasteiger partial charge in [-0.3, -0.25) is 9.78 Å². The van der Waals surface area contributed by atoms with Gasteiger partial charge in [0.1, 0.15) is 0 Å². The van der Waals surface area contributed by atoms with Crippen molar-refractivity contribution in [2.75, 3.05) is 25.1 Å². The van der Waals surface area contributed by atoms with Crippen LogP contribution in [-0.2, 0) is 11.3 Å². The normalized spacial score (nSPS) is 10.2. The van der Waals surface area contributed by atoms with Gasteiger partial charge >= 0.3 is 6.03 Å². The summed E-state index contributed by atoms with van der Waals surface area (Å²) < 4.78 is 5.22. The molecule has 0 fully saturated rings. The van der Waals surface area contributed by atoms with Crippen molar-refractivity contribution in [3.63, 3.8) is 0 Å². The summed E-state index contributed by atoms with van der Waals surface area (Å²) in [5.74, 6) is -0.143. The van der Waals surface area contributed by atoms with Gasteiger partial charge in [-0.15, -0.1) is 0 Å². The Kier molecular flexibility index (Phi) is 8.08. The zero-order valence-corrected chi connectivity index (χ0v) is 14.8. The molecule has 0 unspecified atom stereocenters. The van der Waals surface area contributed by atoms with E-state index in [4.69, 9.17) is 4.74 Å².